The normalized spacial score (nSPS) is 12.7. The molecule has 0 heterocycles. The predicted molar refractivity (Wildman–Crippen MR) is 110 cm³/mol. The van der Waals surface area contributed by atoms with Crippen LogP contribution < -0.4 is 4.72 Å². The van der Waals surface area contributed by atoms with Gasteiger partial charge in [-0.05, 0) is 60.9 Å². The molecule has 0 aliphatic rings. The van der Waals surface area contributed by atoms with Crippen molar-refractivity contribution in [3.05, 3.63) is 63.5 Å². The molecule has 0 saturated carbocycles. The Morgan fingerprint density at radius 1 is 1.00 bits per heavy atom. The molecule has 0 saturated heterocycles. The molecular weight excluding hydrogens is 408 g/mol. The quantitative estimate of drug-likeness (QED) is 0.761. The van der Waals surface area contributed by atoms with Crippen LogP contribution in [0.4, 0.5) is 5.69 Å². The number of hydrogen-bond acceptors (Lipinski definition) is 4. The maximum Gasteiger partial charge on any atom is 0.255 e. The summed E-state index contributed by atoms with van der Waals surface area (Å²) < 4.78 is 53.1. The number of nitrogens with zero attached hydrogens (tertiary/aromatic N) is 1. The summed E-state index contributed by atoms with van der Waals surface area (Å²) in [5.41, 5.74) is 2.20. The molecular formula is C18H21ClN2O4S2. The number of anilines is 1. The van der Waals surface area contributed by atoms with Gasteiger partial charge in [-0.1, -0.05) is 23.7 Å². The van der Waals surface area contributed by atoms with Gasteiger partial charge < -0.3 is 0 Å². The van der Waals surface area contributed by atoms with Crippen molar-refractivity contribution in [2.75, 3.05) is 18.8 Å². The van der Waals surface area contributed by atoms with Gasteiger partial charge in [0.15, 0.2) is 0 Å². The van der Waals surface area contributed by atoms with Gasteiger partial charge in [-0.2, -0.15) is 0 Å². The van der Waals surface area contributed by atoms with Crippen LogP contribution in [0.2, 0.25) is 5.02 Å². The highest BCUT2D eigenvalue weighted by Crippen LogP contribution is 2.26. The number of nitrogens with one attached hydrogen (secondary N) is 1. The topological polar surface area (TPSA) is 83.6 Å². The van der Waals surface area contributed by atoms with Gasteiger partial charge in [-0.3, -0.25) is 4.72 Å². The van der Waals surface area contributed by atoms with E-state index in [1.54, 1.807) is 38.1 Å². The summed E-state index contributed by atoms with van der Waals surface area (Å²) in [6.07, 6.45) is 1.43. The summed E-state index contributed by atoms with van der Waals surface area (Å²) in [6.45, 7) is 3.45. The zero-order valence-electron chi connectivity index (χ0n) is 15.4. The minimum atomic E-state index is -3.84. The van der Waals surface area contributed by atoms with Gasteiger partial charge in [-0.15, -0.1) is 0 Å². The van der Waals surface area contributed by atoms with Gasteiger partial charge in [-0.25, -0.2) is 21.1 Å². The standard InChI is InChI=1S/C18H21ClN2O4S2/c1-13-11-17(27(24,25)21(3)4)12-18(14(13)2)20-26(22,23)10-9-15-5-7-16(19)8-6-15/h5-12,20H,1-4H3. The molecule has 2 aromatic carbocycles. The van der Waals surface area contributed by atoms with Crippen molar-refractivity contribution in [3.8, 4) is 0 Å². The minimum absolute atomic E-state index is 0.0231. The van der Waals surface area contributed by atoms with Gasteiger partial charge in [0, 0.05) is 19.1 Å². The second kappa shape index (κ2) is 8.02. The largest absolute Gasteiger partial charge is 0.280 e. The van der Waals surface area contributed by atoms with Crippen LogP contribution in [-0.4, -0.2) is 35.2 Å². The van der Waals surface area contributed by atoms with E-state index in [0.29, 0.717) is 21.7 Å². The van der Waals surface area contributed by atoms with Gasteiger partial charge in [0.25, 0.3) is 10.0 Å². The Kier molecular flexibility index (Phi) is 6.36. The average molecular weight is 429 g/mol. The van der Waals surface area contributed by atoms with E-state index in [-0.39, 0.29) is 10.6 Å². The van der Waals surface area contributed by atoms with Crippen LogP contribution in [0.1, 0.15) is 16.7 Å². The van der Waals surface area contributed by atoms with E-state index in [0.717, 1.165) is 9.71 Å². The average Bonchev–Trinajstić information content (AvgIpc) is 2.58. The molecule has 0 aliphatic carbocycles. The highest BCUT2D eigenvalue weighted by Gasteiger charge is 2.20. The SMILES string of the molecule is Cc1cc(S(=O)(=O)N(C)C)cc(NS(=O)(=O)C=Cc2ccc(Cl)cc2)c1C. The van der Waals surface area contributed by atoms with E-state index in [1.807, 2.05) is 0 Å². The fraction of sp³-hybridized carbons (Fsp3) is 0.222. The molecule has 6 nitrogen and oxygen atoms in total. The molecule has 0 atom stereocenters. The number of halogens is 1. The van der Waals surface area contributed by atoms with Gasteiger partial charge in [0.1, 0.15) is 0 Å². The maximum atomic E-state index is 12.4. The third kappa shape index (κ3) is 5.32. The van der Waals surface area contributed by atoms with Crippen molar-refractivity contribution in [2.24, 2.45) is 0 Å². The Bertz CT molecular complexity index is 1080. The van der Waals surface area contributed by atoms with Gasteiger partial charge in [0.05, 0.1) is 16.0 Å². The molecule has 9 heteroatoms. The molecule has 0 amide bonds. The lowest BCUT2D eigenvalue weighted by atomic mass is 10.1. The van der Waals surface area contributed by atoms with Crippen LogP contribution >= 0.6 is 11.6 Å². The molecule has 0 bridgehead atoms. The van der Waals surface area contributed by atoms with E-state index >= 15 is 0 Å². The number of sulfonamides is 2. The highest BCUT2D eigenvalue weighted by molar-refractivity contribution is 7.95. The second-order valence-electron chi connectivity index (χ2n) is 6.20. The number of rotatable bonds is 6. The lowest BCUT2D eigenvalue weighted by molar-refractivity contribution is 0.520. The van der Waals surface area contributed by atoms with Crippen molar-refractivity contribution in [2.45, 2.75) is 18.7 Å². The maximum absolute atomic E-state index is 12.4. The second-order valence-corrected chi connectivity index (χ2v) is 10.4. The first-order valence-corrected chi connectivity index (χ1v) is 11.3. The lowest BCUT2D eigenvalue weighted by Gasteiger charge is -2.16. The van der Waals surface area contributed by atoms with Gasteiger partial charge >= 0.3 is 0 Å². The molecule has 27 heavy (non-hydrogen) atoms. The molecule has 0 unspecified atom stereocenters. The molecule has 2 rings (SSSR count). The summed E-state index contributed by atoms with van der Waals surface area (Å²) >= 11 is 5.81. The van der Waals surface area contributed by atoms with Crippen molar-refractivity contribution in [3.63, 3.8) is 0 Å². The molecule has 0 fully saturated rings. The van der Waals surface area contributed by atoms with E-state index in [1.165, 1.54) is 32.3 Å². The van der Waals surface area contributed by atoms with Crippen molar-refractivity contribution in [1.82, 2.24) is 4.31 Å². The summed E-state index contributed by atoms with van der Waals surface area (Å²) in [6, 6.07) is 9.54. The van der Waals surface area contributed by atoms with Crippen LogP contribution in [-0.2, 0) is 20.0 Å². The summed E-state index contributed by atoms with van der Waals surface area (Å²) in [5, 5.41) is 1.58. The zero-order chi connectivity index (χ0) is 20.4. The van der Waals surface area contributed by atoms with Crippen molar-refractivity contribution >= 4 is 43.4 Å². The highest BCUT2D eigenvalue weighted by atomic mass is 35.5. The minimum Gasteiger partial charge on any atom is -0.280 e. The fourth-order valence-electron chi connectivity index (χ4n) is 2.22. The van der Waals surface area contributed by atoms with Crippen LogP contribution in [0.25, 0.3) is 6.08 Å². The summed E-state index contributed by atoms with van der Waals surface area (Å²) in [7, 11) is -4.68. The Balaban J connectivity index is 2.37. The Labute approximate surface area is 165 Å². The van der Waals surface area contributed by atoms with E-state index in [9.17, 15) is 16.8 Å². The Morgan fingerprint density at radius 3 is 2.15 bits per heavy atom. The van der Waals surface area contributed by atoms with Crippen LogP contribution in [0.5, 0.6) is 0 Å². The van der Waals surface area contributed by atoms with Crippen molar-refractivity contribution in [1.29, 1.82) is 0 Å². The van der Waals surface area contributed by atoms with E-state index < -0.39 is 20.0 Å². The lowest BCUT2D eigenvalue weighted by Crippen LogP contribution is -2.22. The number of aryl methyl sites for hydroxylation is 1. The van der Waals surface area contributed by atoms with Gasteiger partial charge in [0.2, 0.25) is 10.0 Å². The molecule has 0 aliphatic heterocycles. The van der Waals surface area contributed by atoms with Crippen LogP contribution in [0.15, 0.2) is 46.7 Å². The number of hydrogen-bond donors (Lipinski definition) is 1. The Morgan fingerprint density at radius 2 is 1.59 bits per heavy atom. The smallest absolute Gasteiger partial charge is 0.255 e. The zero-order valence-corrected chi connectivity index (χ0v) is 17.8. The molecule has 0 spiro atoms. The summed E-state index contributed by atoms with van der Waals surface area (Å²) in [4.78, 5) is 0.0231. The molecule has 0 aromatic heterocycles. The predicted octanol–water partition coefficient (Wildman–Crippen LogP) is 3.62. The molecule has 2 aromatic rings. The van der Waals surface area contributed by atoms with E-state index in [2.05, 4.69) is 4.72 Å². The first-order chi connectivity index (χ1) is 12.4. The first kappa shape index (κ1) is 21.4. The molecule has 1 N–H and O–H groups in total. The molecule has 0 radical (unpaired) electrons. The fourth-order valence-corrected chi connectivity index (χ4v) is 4.28. The van der Waals surface area contributed by atoms with Crippen molar-refractivity contribution < 1.29 is 16.8 Å². The number of benzene rings is 2. The van der Waals surface area contributed by atoms with Crippen LogP contribution in [0.3, 0.4) is 0 Å². The monoisotopic (exact) mass is 428 g/mol. The Hall–Kier alpha value is -1.87. The summed E-state index contributed by atoms with van der Waals surface area (Å²) in [5.74, 6) is 0. The third-order valence-corrected chi connectivity index (χ3v) is 7.02. The molecule has 146 valence electrons. The first-order valence-electron chi connectivity index (χ1n) is 7.92. The third-order valence-electron chi connectivity index (χ3n) is 3.98. The van der Waals surface area contributed by atoms with Crippen LogP contribution in [0, 0.1) is 13.8 Å². The van der Waals surface area contributed by atoms with E-state index in [4.69, 9.17) is 11.6 Å².